The summed E-state index contributed by atoms with van der Waals surface area (Å²) in [4.78, 5) is 10.0. The lowest BCUT2D eigenvalue weighted by Crippen LogP contribution is -1.95. The highest BCUT2D eigenvalue weighted by Crippen LogP contribution is 2.20. The van der Waals surface area contributed by atoms with Crippen LogP contribution >= 0.6 is 0 Å². The minimum atomic E-state index is -0.530. The molecule has 0 unspecified atom stereocenters. The molecule has 5 heteroatoms. The second-order valence-electron chi connectivity index (χ2n) is 4.00. The molecule has 3 aromatic rings. The molecule has 0 aliphatic carbocycles. The molecule has 18 heavy (non-hydrogen) atoms. The number of rotatable bonds is 3. The van der Waals surface area contributed by atoms with Gasteiger partial charge in [-0.1, -0.05) is 18.2 Å². The summed E-state index contributed by atoms with van der Waals surface area (Å²) in [7, 11) is 0. The van der Waals surface area contributed by atoms with Crippen molar-refractivity contribution in [2.24, 2.45) is 0 Å². The lowest BCUT2D eigenvalue weighted by atomic mass is 10.2. The van der Waals surface area contributed by atoms with Crippen LogP contribution in [0, 0.1) is 10.1 Å². The van der Waals surface area contributed by atoms with E-state index < -0.39 is 4.92 Å². The molecular weight excluding hydrogens is 232 g/mol. The SMILES string of the molecule is O=[N+]([O-])c1ccc(Cn2ccc3ccccc32)o1. The van der Waals surface area contributed by atoms with E-state index in [4.69, 9.17) is 4.42 Å². The lowest BCUT2D eigenvalue weighted by Gasteiger charge is -2.01. The van der Waals surface area contributed by atoms with Gasteiger partial charge in [0, 0.05) is 11.7 Å². The third kappa shape index (κ3) is 1.75. The molecule has 0 aliphatic heterocycles. The van der Waals surface area contributed by atoms with Crippen molar-refractivity contribution in [1.29, 1.82) is 0 Å². The standard InChI is InChI=1S/C13H10N2O3/c16-15(17)13-6-5-11(18-13)9-14-8-7-10-3-1-2-4-12(10)14/h1-8H,9H2. The summed E-state index contributed by atoms with van der Waals surface area (Å²) in [6, 6.07) is 13.0. The summed E-state index contributed by atoms with van der Waals surface area (Å²) in [5.41, 5.74) is 1.08. The Bertz CT molecular complexity index is 712. The normalized spacial score (nSPS) is 10.9. The first kappa shape index (κ1) is 10.6. The van der Waals surface area contributed by atoms with Crippen LogP contribution in [0.25, 0.3) is 10.9 Å². The predicted molar refractivity (Wildman–Crippen MR) is 66.4 cm³/mol. The van der Waals surface area contributed by atoms with Crippen molar-refractivity contribution in [1.82, 2.24) is 4.57 Å². The zero-order valence-electron chi connectivity index (χ0n) is 9.45. The van der Waals surface area contributed by atoms with Crippen molar-refractivity contribution < 1.29 is 9.34 Å². The van der Waals surface area contributed by atoms with Gasteiger partial charge in [-0.25, -0.2) is 0 Å². The fraction of sp³-hybridized carbons (Fsp3) is 0.0769. The number of fused-ring (bicyclic) bond motifs is 1. The van der Waals surface area contributed by atoms with E-state index in [-0.39, 0.29) is 5.88 Å². The van der Waals surface area contributed by atoms with Gasteiger partial charge in [0.25, 0.3) is 0 Å². The average Bonchev–Trinajstić information content (AvgIpc) is 2.98. The van der Waals surface area contributed by atoms with Crippen LogP contribution in [0.4, 0.5) is 5.88 Å². The van der Waals surface area contributed by atoms with Crippen molar-refractivity contribution in [2.45, 2.75) is 6.54 Å². The van der Waals surface area contributed by atoms with E-state index in [2.05, 4.69) is 0 Å². The Balaban J connectivity index is 1.93. The smallest absolute Gasteiger partial charge is 0.404 e. The summed E-state index contributed by atoms with van der Waals surface area (Å²) in [5, 5.41) is 11.7. The number of hydrogen-bond acceptors (Lipinski definition) is 3. The number of hydrogen-bond donors (Lipinski definition) is 0. The molecule has 0 saturated heterocycles. The van der Waals surface area contributed by atoms with Gasteiger partial charge in [0.15, 0.2) is 0 Å². The second kappa shape index (κ2) is 4.03. The van der Waals surface area contributed by atoms with Crippen LogP contribution in [0.5, 0.6) is 0 Å². The number of nitro groups is 1. The van der Waals surface area contributed by atoms with E-state index in [0.29, 0.717) is 12.3 Å². The largest absolute Gasteiger partial charge is 0.433 e. The first-order chi connectivity index (χ1) is 8.74. The van der Waals surface area contributed by atoms with E-state index in [1.165, 1.54) is 6.07 Å². The van der Waals surface area contributed by atoms with E-state index in [1.54, 1.807) is 6.07 Å². The van der Waals surface area contributed by atoms with E-state index in [1.807, 2.05) is 41.1 Å². The van der Waals surface area contributed by atoms with Gasteiger partial charge in [-0.2, -0.15) is 0 Å². The van der Waals surface area contributed by atoms with E-state index in [9.17, 15) is 10.1 Å². The molecule has 0 N–H and O–H groups in total. The lowest BCUT2D eigenvalue weighted by molar-refractivity contribution is -0.402. The van der Waals surface area contributed by atoms with Crippen LogP contribution in [0.2, 0.25) is 0 Å². The Hall–Kier alpha value is -2.56. The van der Waals surface area contributed by atoms with Crippen molar-refractivity contribution in [3.63, 3.8) is 0 Å². The van der Waals surface area contributed by atoms with E-state index >= 15 is 0 Å². The number of furan rings is 1. The Labute approximate surface area is 102 Å². The number of aromatic nitrogens is 1. The Kier molecular flexibility index (Phi) is 2.37. The third-order valence-electron chi connectivity index (χ3n) is 2.83. The quantitative estimate of drug-likeness (QED) is 0.523. The third-order valence-corrected chi connectivity index (χ3v) is 2.83. The van der Waals surface area contributed by atoms with Gasteiger partial charge in [0.1, 0.15) is 10.7 Å². The zero-order valence-corrected chi connectivity index (χ0v) is 9.45. The molecule has 0 saturated carbocycles. The van der Waals surface area contributed by atoms with Gasteiger partial charge in [-0.15, -0.1) is 0 Å². The maximum absolute atomic E-state index is 10.5. The molecule has 90 valence electrons. The maximum Gasteiger partial charge on any atom is 0.433 e. The predicted octanol–water partition coefficient (Wildman–Crippen LogP) is 3.19. The topological polar surface area (TPSA) is 61.2 Å². The van der Waals surface area contributed by atoms with Crippen LogP contribution in [0.15, 0.2) is 53.1 Å². The van der Waals surface area contributed by atoms with Crippen molar-refractivity contribution in [2.75, 3.05) is 0 Å². The Morgan fingerprint density at radius 2 is 2.00 bits per heavy atom. The molecular formula is C13H10N2O3. The van der Waals surface area contributed by atoms with E-state index in [0.717, 1.165) is 10.9 Å². The monoisotopic (exact) mass is 242 g/mol. The number of benzene rings is 1. The summed E-state index contributed by atoms with van der Waals surface area (Å²) < 4.78 is 7.15. The van der Waals surface area contributed by atoms with Crippen molar-refractivity contribution in [3.05, 3.63) is 64.5 Å². The van der Waals surface area contributed by atoms with Gasteiger partial charge in [0.05, 0.1) is 12.6 Å². The highest BCUT2D eigenvalue weighted by molar-refractivity contribution is 5.79. The van der Waals surface area contributed by atoms with Crippen LogP contribution in [0.1, 0.15) is 5.76 Å². The van der Waals surface area contributed by atoms with Crippen molar-refractivity contribution in [3.8, 4) is 0 Å². The first-order valence-electron chi connectivity index (χ1n) is 5.51. The molecule has 0 fully saturated rings. The van der Waals surface area contributed by atoms with Crippen LogP contribution in [-0.2, 0) is 6.54 Å². The molecule has 5 nitrogen and oxygen atoms in total. The molecule has 3 rings (SSSR count). The van der Waals surface area contributed by atoms with Gasteiger partial charge in [-0.05, 0) is 23.6 Å². The number of para-hydroxylation sites is 1. The van der Waals surface area contributed by atoms with Gasteiger partial charge >= 0.3 is 5.88 Å². The molecule has 0 atom stereocenters. The first-order valence-corrected chi connectivity index (χ1v) is 5.51. The summed E-state index contributed by atoms with van der Waals surface area (Å²) in [6.07, 6.45) is 1.94. The van der Waals surface area contributed by atoms with Crippen LogP contribution < -0.4 is 0 Å². The van der Waals surface area contributed by atoms with Crippen LogP contribution in [0.3, 0.4) is 0 Å². The van der Waals surface area contributed by atoms with Gasteiger partial charge < -0.3 is 8.98 Å². The molecule has 2 aromatic heterocycles. The Morgan fingerprint density at radius 3 is 2.78 bits per heavy atom. The molecule has 0 spiro atoms. The summed E-state index contributed by atoms with van der Waals surface area (Å²) in [5.74, 6) is 0.351. The molecule has 0 amide bonds. The highest BCUT2D eigenvalue weighted by Gasteiger charge is 2.12. The van der Waals surface area contributed by atoms with Crippen LogP contribution in [-0.4, -0.2) is 9.49 Å². The highest BCUT2D eigenvalue weighted by atomic mass is 16.6. The fourth-order valence-electron chi connectivity index (χ4n) is 2.00. The Morgan fingerprint density at radius 1 is 1.17 bits per heavy atom. The molecule has 0 bridgehead atoms. The van der Waals surface area contributed by atoms with Gasteiger partial charge in [0.2, 0.25) is 0 Å². The minimum absolute atomic E-state index is 0.221. The fourth-order valence-corrected chi connectivity index (χ4v) is 2.00. The second-order valence-corrected chi connectivity index (χ2v) is 4.00. The zero-order chi connectivity index (χ0) is 12.5. The average molecular weight is 242 g/mol. The number of nitrogens with zero attached hydrogens (tertiary/aromatic N) is 2. The molecule has 1 aromatic carbocycles. The molecule has 0 aliphatic rings. The maximum atomic E-state index is 10.5. The molecule has 0 radical (unpaired) electrons. The molecule has 2 heterocycles. The minimum Gasteiger partial charge on any atom is -0.404 e. The summed E-state index contributed by atoms with van der Waals surface area (Å²) in [6.45, 7) is 0.487. The van der Waals surface area contributed by atoms with Gasteiger partial charge in [-0.3, -0.25) is 10.1 Å². The summed E-state index contributed by atoms with van der Waals surface area (Å²) >= 11 is 0. The van der Waals surface area contributed by atoms with Crippen molar-refractivity contribution >= 4 is 16.8 Å².